The van der Waals surface area contributed by atoms with Crippen LogP contribution in [0.2, 0.25) is 0 Å². The number of ether oxygens (including phenoxy) is 1. The number of hydrogen-bond acceptors (Lipinski definition) is 7. The minimum Gasteiger partial charge on any atom is -0.508 e. The van der Waals surface area contributed by atoms with Crippen LogP contribution in [0.5, 0.6) is 11.5 Å². The van der Waals surface area contributed by atoms with Crippen LogP contribution in [0.15, 0.2) is 52.6 Å². The zero-order valence-electron chi connectivity index (χ0n) is 18.5. The van der Waals surface area contributed by atoms with Crippen molar-refractivity contribution in [2.75, 3.05) is 7.11 Å². The number of nitrogens with zero attached hydrogens (tertiary/aromatic N) is 1. The second-order valence-electron chi connectivity index (χ2n) is 9.00. The van der Waals surface area contributed by atoms with Crippen molar-refractivity contribution in [2.24, 2.45) is 23.5 Å². The molecule has 4 aliphatic rings. The predicted molar refractivity (Wildman–Crippen MR) is 117 cm³/mol. The number of rotatable bonds is 2. The Morgan fingerprint density at radius 2 is 1.88 bits per heavy atom. The zero-order valence-corrected chi connectivity index (χ0v) is 18.5. The molecule has 0 aromatic heterocycles. The maximum Gasteiger partial charge on any atom is 0.328 e. The number of Topliss-reactive ketones (excluding diaryl/α,β-unsaturated/α-hetero) is 1. The summed E-state index contributed by atoms with van der Waals surface area (Å²) in [6.07, 6.45) is 3.31. The molecule has 1 aromatic rings. The standard InChI is InChI=1S/C25H22N2O7/c1-10-7-18(29)16-9-14-12(4-5-13-20(14)24(32)27(23(13)31)25(26)33)19(21(16)22(10)30)15-8-11(34-2)3-6-17(15)28/h3-4,6-8,13-14,19-20,28H,5,9H2,1-2H3,(H2,26,33)/t13-,14+,19+,20-/m0/s1. The largest absolute Gasteiger partial charge is 0.508 e. The van der Waals surface area contributed by atoms with E-state index in [9.17, 15) is 29.1 Å². The summed E-state index contributed by atoms with van der Waals surface area (Å²) in [6.45, 7) is 1.56. The number of allylic oxidation sites excluding steroid dienone is 6. The van der Waals surface area contributed by atoms with Crippen LogP contribution in [0.1, 0.15) is 31.2 Å². The third-order valence-corrected chi connectivity index (χ3v) is 7.33. The topological polar surface area (TPSA) is 144 Å². The predicted octanol–water partition coefficient (Wildman–Crippen LogP) is 1.91. The van der Waals surface area contributed by atoms with E-state index in [-0.39, 0.29) is 46.9 Å². The van der Waals surface area contributed by atoms with Crippen molar-refractivity contribution in [1.29, 1.82) is 0 Å². The Morgan fingerprint density at radius 3 is 2.56 bits per heavy atom. The summed E-state index contributed by atoms with van der Waals surface area (Å²) in [7, 11) is 1.47. The number of primary amides is 1. The second-order valence-corrected chi connectivity index (χ2v) is 9.00. The molecule has 0 radical (unpaired) electrons. The molecule has 1 aromatic carbocycles. The van der Waals surface area contributed by atoms with Gasteiger partial charge in [-0.2, -0.15) is 4.90 Å². The van der Waals surface area contributed by atoms with Gasteiger partial charge in [-0.3, -0.25) is 19.2 Å². The number of phenols is 1. The molecular formula is C25H22N2O7. The Hall–Kier alpha value is -4.01. The summed E-state index contributed by atoms with van der Waals surface area (Å²) >= 11 is 0. The number of imide groups is 3. The van der Waals surface area contributed by atoms with Crippen molar-refractivity contribution in [3.8, 4) is 11.5 Å². The van der Waals surface area contributed by atoms with E-state index in [1.807, 2.05) is 0 Å². The van der Waals surface area contributed by atoms with E-state index >= 15 is 0 Å². The average molecular weight is 462 g/mol. The van der Waals surface area contributed by atoms with Gasteiger partial charge < -0.3 is 15.6 Å². The highest BCUT2D eigenvalue weighted by molar-refractivity contribution is 6.24. The van der Waals surface area contributed by atoms with Gasteiger partial charge >= 0.3 is 6.03 Å². The first-order valence-electron chi connectivity index (χ1n) is 10.9. The fraction of sp³-hybridized carbons (Fsp3) is 0.320. The van der Waals surface area contributed by atoms with Crippen LogP contribution in [0.4, 0.5) is 4.79 Å². The summed E-state index contributed by atoms with van der Waals surface area (Å²) in [5.41, 5.74) is 7.12. The molecule has 0 bridgehead atoms. The molecule has 3 N–H and O–H groups in total. The second kappa shape index (κ2) is 7.51. The van der Waals surface area contributed by atoms with Crippen LogP contribution in [0.25, 0.3) is 0 Å². The lowest BCUT2D eigenvalue weighted by Crippen LogP contribution is -2.42. The highest BCUT2D eigenvalue weighted by Gasteiger charge is 2.57. The van der Waals surface area contributed by atoms with Gasteiger partial charge in [0, 0.05) is 28.2 Å². The highest BCUT2D eigenvalue weighted by Crippen LogP contribution is 2.56. The number of carbonyl (C=O) groups excluding carboxylic acids is 5. The minimum atomic E-state index is -1.13. The molecule has 1 fully saturated rings. The van der Waals surface area contributed by atoms with Gasteiger partial charge in [0.1, 0.15) is 11.5 Å². The first-order valence-corrected chi connectivity index (χ1v) is 10.9. The Balaban J connectivity index is 1.73. The molecule has 0 spiro atoms. The Bertz CT molecular complexity index is 1300. The molecule has 174 valence electrons. The van der Waals surface area contributed by atoms with E-state index in [2.05, 4.69) is 0 Å². The first-order chi connectivity index (χ1) is 16.1. The van der Waals surface area contributed by atoms with E-state index in [0.29, 0.717) is 21.8 Å². The fourth-order valence-electron chi connectivity index (χ4n) is 5.82. The number of likely N-dealkylation sites (tertiary alicyclic amines) is 1. The molecule has 0 unspecified atom stereocenters. The van der Waals surface area contributed by atoms with Gasteiger partial charge in [-0.25, -0.2) is 4.79 Å². The molecule has 5 rings (SSSR count). The van der Waals surface area contributed by atoms with E-state index in [1.165, 1.54) is 19.3 Å². The number of urea groups is 1. The van der Waals surface area contributed by atoms with Crippen molar-refractivity contribution in [3.05, 3.63) is 58.2 Å². The molecular weight excluding hydrogens is 440 g/mol. The van der Waals surface area contributed by atoms with Crippen molar-refractivity contribution in [1.82, 2.24) is 4.90 Å². The van der Waals surface area contributed by atoms with Crippen LogP contribution in [0, 0.1) is 17.8 Å². The van der Waals surface area contributed by atoms with Gasteiger partial charge in [-0.15, -0.1) is 0 Å². The molecule has 34 heavy (non-hydrogen) atoms. The summed E-state index contributed by atoms with van der Waals surface area (Å²) in [5.74, 6) is -4.74. The number of benzene rings is 1. The summed E-state index contributed by atoms with van der Waals surface area (Å²) in [5, 5.41) is 10.8. The van der Waals surface area contributed by atoms with Crippen molar-refractivity contribution in [2.45, 2.75) is 25.7 Å². The summed E-state index contributed by atoms with van der Waals surface area (Å²) < 4.78 is 5.32. The maximum absolute atomic E-state index is 13.3. The van der Waals surface area contributed by atoms with E-state index in [1.54, 1.807) is 25.1 Å². The molecule has 1 aliphatic heterocycles. The van der Waals surface area contributed by atoms with Crippen molar-refractivity contribution in [3.63, 3.8) is 0 Å². The number of phenolic OH excluding ortho intramolecular Hbond substituents is 1. The lowest BCUT2D eigenvalue weighted by Gasteiger charge is -2.42. The number of fused-ring (bicyclic) bond motifs is 3. The number of aromatic hydroxyl groups is 1. The quantitative estimate of drug-likeness (QED) is 0.388. The van der Waals surface area contributed by atoms with Crippen molar-refractivity contribution < 1.29 is 33.8 Å². The molecule has 4 amide bonds. The SMILES string of the molecule is COc1ccc(O)c([C@H]2C3=CC[C@@H]4C(=O)N(C(N)=O)C(=O)[C@@H]4[C@@H]3CC3=C2C(=O)C(C)=CC3=O)c1. The van der Waals surface area contributed by atoms with Gasteiger partial charge in [-0.1, -0.05) is 11.6 Å². The number of nitrogens with two attached hydrogens (primary N) is 1. The minimum absolute atomic E-state index is 0.0730. The normalized spacial score (nSPS) is 28.2. The number of amides is 4. The maximum atomic E-state index is 13.3. The van der Waals surface area contributed by atoms with Crippen LogP contribution in [0.3, 0.4) is 0 Å². The molecule has 9 nitrogen and oxygen atoms in total. The van der Waals surface area contributed by atoms with Crippen LogP contribution < -0.4 is 10.5 Å². The van der Waals surface area contributed by atoms with Crippen LogP contribution in [-0.4, -0.2) is 46.5 Å². The number of carbonyl (C=O) groups is 5. The van der Waals surface area contributed by atoms with Gasteiger partial charge in [0.15, 0.2) is 11.6 Å². The molecule has 4 atom stereocenters. The Morgan fingerprint density at radius 1 is 1.15 bits per heavy atom. The van der Waals surface area contributed by atoms with Gasteiger partial charge in [0.05, 0.1) is 18.9 Å². The van der Waals surface area contributed by atoms with Crippen LogP contribution in [-0.2, 0) is 19.2 Å². The zero-order chi connectivity index (χ0) is 24.5. The Kier molecular flexibility index (Phi) is 4.82. The number of methoxy groups -OCH3 is 1. The molecule has 1 saturated heterocycles. The number of ketones is 2. The monoisotopic (exact) mass is 462 g/mol. The smallest absolute Gasteiger partial charge is 0.328 e. The van der Waals surface area contributed by atoms with Gasteiger partial charge in [0.2, 0.25) is 11.8 Å². The third kappa shape index (κ3) is 2.89. The van der Waals surface area contributed by atoms with E-state index in [0.717, 1.165) is 0 Å². The molecule has 1 heterocycles. The van der Waals surface area contributed by atoms with Crippen LogP contribution >= 0.6 is 0 Å². The summed E-state index contributed by atoms with van der Waals surface area (Å²) in [6, 6.07) is 3.48. The summed E-state index contributed by atoms with van der Waals surface area (Å²) in [4.78, 5) is 64.5. The van der Waals surface area contributed by atoms with E-state index < -0.39 is 41.5 Å². The molecule has 0 saturated carbocycles. The molecule has 9 heteroatoms. The first kappa shape index (κ1) is 21.8. The van der Waals surface area contributed by atoms with Crippen molar-refractivity contribution >= 4 is 29.4 Å². The molecule has 3 aliphatic carbocycles. The lowest BCUT2D eigenvalue weighted by molar-refractivity contribution is -0.136. The fourth-order valence-corrected chi connectivity index (χ4v) is 5.82. The lowest BCUT2D eigenvalue weighted by atomic mass is 9.59. The highest BCUT2D eigenvalue weighted by atomic mass is 16.5. The third-order valence-electron chi connectivity index (χ3n) is 7.33. The number of hydrogen-bond donors (Lipinski definition) is 2. The van der Waals surface area contributed by atoms with Gasteiger partial charge in [0.25, 0.3) is 0 Å². The average Bonchev–Trinajstić information content (AvgIpc) is 3.07. The van der Waals surface area contributed by atoms with Gasteiger partial charge in [-0.05, 0) is 50.0 Å². The van der Waals surface area contributed by atoms with E-state index in [4.69, 9.17) is 10.5 Å². The Labute approximate surface area is 194 Å².